The van der Waals surface area contributed by atoms with Crippen LogP contribution in [0.4, 0.5) is 11.5 Å². The average Bonchev–Trinajstić information content (AvgIpc) is 3.19. The van der Waals surface area contributed by atoms with Crippen LogP contribution in [0.5, 0.6) is 0 Å². The molecule has 1 aromatic carbocycles. The Balaban J connectivity index is 1.71. The van der Waals surface area contributed by atoms with Gasteiger partial charge >= 0.3 is 0 Å². The minimum Gasteiger partial charge on any atom is -0.394 e. The molecule has 1 fully saturated rings. The van der Waals surface area contributed by atoms with Gasteiger partial charge in [0.2, 0.25) is 5.28 Å². The van der Waals surface area contributed by atoms with Crippen LogP contribution in [-0.4, -0.2) is 67.8 Å². The van der Waals surface area contributed by atoms with E-state index >= 15 is 0 Å². The maximum atomic E-state index is 10.4. The SMILES string of the molecule is Cc1cc([Si](C)(C)C)ccc1Nc1ncnc2c1nc(Cl)n2C1OC(CO)C(O)C1O. The van der Waals surface area contributed by atoms with Crippen LogP contribution in [0.3, 0.4) is 0 Å². The standard InChI is InChI=1S/C20H26ClN5O4Si/c1-10-7-11(31(2,3)4)5-6-12(10)24-17-14-18(23-9-22-17)26(20(21)25-14)19-16(29)15(28)13(8-27)30-19/h5-7,9,13,15-16,19,27-29H,8H2,1-4H3,(H,22,23,24). The van der Waals surface area contributed by atoms with Gasteiger partial charge in [0.15, 0.2) is 23.2 Å². The number of ether oxygens (including phenoxy) is 1. The Bertz CT molecular complexity index is 1120. The molecule has 0 amide bonds. The number of nitrogens with one attached hydrogen (secondary N) is 1. The van der Waals surface area contributed by atoms with Gasteiger partial charge in [0.05, 0.1) is 14.7 Å². The molecule has 0 bridgehead atoms. The Morgan fingerprint density at radius 1 is 1.19 bits per heavy atom. The molecule has 0 radical (unpaired) electrons. The molecule has 9 nitrogen and oxygen atoms in total. The Labute approximate surface area is 185 Å². The number of anilines is 2. The summed E-state index contributed by atoms with van der Waals surface area (Å²) in [5.41, 5.74) is 2.72. The third kappa shape index (κ3) is 3.95. The van der Waals surface area contributed by atoms with E-state index in [0.717, 1.165) is 11.3 Å². The first-order chi connectivity index (χ1) is 14.6. The average molecular weight is 464 g/mol. The zero-order valence-corrected chi connectivity index (χ0v) is 19.5. The van der Waals surface area contributed by atoms with Crippen molar-refractivity contribution >= 4 is 47.5 Å². The van der Waals surface area contributed by atoms with E-state index in [4.69, 9.17) is 16.3 Å². The predicted molar refractivity (Wildman–Crippen MR) is 121 cm³/mol. The molecule has 3 heterocycles. The molecule has 4 rings (SSSR count). The molecule has 31 heavy (non-hydrogen) atoms. The zero-order chi connectivity index (χ0) is 22.5. The minimum atomic E-state index is -1.43. The van der Waals surface area contributed by atoms with Crippen LogP contribution in [0.25, 0.3) is 11.2 Å². The van der Waals surface area contributed by atoms with Gasteiger partial charge in [-0.2, -0.15) is 0 Å². The quantitative estimate of drug-likeness (QED) is 0.332. The summed E-state index contributed by atoms with van der Waals surface area (Å²) in [4.78, 5) is 12.9. The first-order valence-electron chi connectivity index (χ1n) is 10.0. The van der Waals surface area contributed by atoms with Gasteiger partial charge in [-0.1, -0.05) is 37.0 Å². The van der Waals surface area contributed by atoms with Crippen LogP contribution < -0.4 is 10.5 Å². The van der Waals surface area contributed by atoms with Crippen LogP contribution >= 0.6 is 11.6 Å². The summed E-state index contributed by atoms with van der Waals surface area (Å²) < 4.78 is 7.00. The van der Waals surface area contributed by atoms with Gasteiger partial charge in [-0.3, -0.25) is 4.57 Å². The molecule has 3 aromatic rings. The van der Waals surface area contributed by atoms with Crippen LogP contribution in [0.2, 0.25) is 24.9 Å². The molecule has 0 aliphatic carbocycles. The maximum Gasteiger partial charge on any atom is 0.207 e. The number of rotatable bonds is 5. The number of hydrogen-bond donors (Lipinski definition) is 4. The van der Waals surface area contributed by atoms with Crippen molar-refractivity contribution in [3.63, 3.8) is 0 Å². The van der Waals surface area contributed by atoms with Crippen LogP contribution in [0, 0.1) is 6.92 Å². The molecule has 1 aliphatic rings. The number of imidazole rings is 1. The minimum absolute atomic E-state index is 0.0270. The van der Waals surface area contributed by atoms with Crippen LogP contribution in [-0.2, 0) is 4.74 Å². The van der Waals surface area contributed by atoms with E-state index < -0.39 is 39.2 Å². The van der Waals surface area contributed by atoms with E-state index in [2.05, 4.69) is 52.0 Å². The fourth-order valence-corrected chi connectivity index (χ4v) is 5.18. The molecular weight excluding hydrogens is 438 g/mol. The van der Waals surface area contributed by atoms with Crippen molar-refractivity contribution in [2.24, 2.45) is 0 Å². The van der Waals surface area contributed by atoms with E-state index in [0.29, 0.717) is 17.0 Å². The predicted octanol–water partition coefficient (Wildman–Crippen LogP) is 1.69. The van der Waals surface area contributed by atoms with Gasteiger partial charge in [0.25, 0.3) is 0 Å². The molecule has 2 aromatic heterocycles. The van der Waals surface area contributed by atoms with Crippen molar-refractivity contribution in [1.82, 2.24) is 19.5 Å². The summed E-state index contributed by atoms with van der Waals surface area (Å²) in [5.74, 6) is 0.459. The number of halogens is 1. The highest BCUT2D eigenvalue weighted by Crippen LogP contribution is 2.35. The molecule has 4 unspecified atom stereocenters. The van der Waals surface area contributed by atoms with E-state index in [1.807, 2.05) is 13.0 Å². The molecule has 4 N–H and O–H groups in total. The fourth-order valence-electron chi connectivity index (χ4n) is 3.69. The van der Waals surface area contributed by atoms with Crippen molar-refractivity contribution in [1.29, 1.82) is 0 Å². The summed E-state index contributed by atoms with van der Waals surface area (Å²) in [7, 11) is -1.43. The van der Waals surface area contributed by atoms with Gasteiger partial charge in [-0.25, -0.2) is 15.0 Å². The first-order valence-corrected chi connectivity index (χ1v) is 13.9. The summed E-state index contributed by atoms with van der Waals surface area (Å²) in [5, 5.41) is 34.6. The van der Waals surface area contributed by atoms with E-state index in [9.17, 15) is 15.3 Å². The van der Waals surface area contributed by atoms with E-state index in [1.54, 1.807) is 0 Å². The number of aliphatic hydroxyl groups is 3. The van der Waals surface area contributed by atoms with Crippen molar-refractivity contribution in [3.8, 4) is 0 Å². The zero-order valence-electron chi connectivity index (χ0n) is 17.7. The second kappa shape index (κ2) is 8.12. The lowest BCUT2D eigenvalue weighted by Crippen LogP contribution is -2.37. The largest absolute Gasteiger partial charge is 0.394 e. The summed E-state index contributed by atoms with van der Waals surface area (Å²) in [6.45, 7) is 8.50. The Morgan fingerprint density at radius 2 is 1.94 bits per heavy atom. The number of aryl methyl sites for hydroxylation is 1. The van der Waals surface area contributed by atoms with Gasteiger partial charge in [0, 0.05) is 5.69 Å². The van der Waals surface area contributed by atoms with Crippen LogP contribution in [0.15, 0.2) is 24.5 Å². The van der Waals surface area contributed by atoms with Crippen molar-refractivity contribution in [2.45, 2.75) is 51.1 Å². The van der Waals surface area contributed by atoms with Crippen molar-refractivity contribution < 1.29 is 20.1 Å². The third-order valence-corrected chi connectivity index (χ3v) is 7.86. The summed E-state index contributed by atoms with van der Waals surface area (Å²) in [6, 6.07) is 6.35. The molecule has 0 spiro atoms. The fraction of sp³-hybridized carbons (Fsp3) is 0.450. The number of aromatic nitrogens is 4. The normalized spacial score (nSPS) is 24.1. The number of hydrogen-bond acceptors (Lipinski definition) is 8. The molecule has 166 valence electrons. The van der Waals surface area contributed by atoms with Crippen LogP contribution in [0.1, 0.15) is 11.8 Å². The smallest absolute Gasteiger partial charge is 0.207 e. The van der Waals surface area contributed by atoms with Crippen molar-refractivity contribution in [2.75, 3.05) is 11.9 Å². The second-order valence-electron chi connectivity index (χ2n) is 8.78. The highest BCUT2D eigenvalue weighted by atomic mass is 35.5. The third-order valence-electron chi connectivity index (χ3n) is 5.55. The topological polar surface area (TPSA) is 126 Å². The van der Waals surface area contributed by atoms with E-state index in [1.165, 1.54) is 16.1 Å². The Hall–Kier alpha value is -2.08. The highest BCUT2D eigenvalue weighted by Gasteiger charge is 2.44. The second-order valence-corrected chi connectivity index (χ2v) is 14.2. The summed E-state index contributed by atoms with van der Waals surface area (Å²) in [6.07, 6.45) is -3.15. The molecule has 11 heteroatoms. The number of benzene rings is 1. The number of fused-ring (bicyclic) bond motifs is 1. The molecule has 0 saturated carbocycles. The molecule has 4 atom stereocenters. The van der Waals surface area contributed by atoms with Gasteiger partial charge in [-0.05, 0) is 30.2 Å². The van der Waals surface area contributed by atoms with E-state index in [-0.39, 0.29) is 5.28 Å². The Morgan fingerprint density at radius 3 is 2.55 bits per heavy atom. The molecule has 1 saturated heterocycles. The molecule has 1 aliphatic heterocycles. The monoisotopic (exact) mass is 463 g/mol. The van der Waals surface area contributed by atoms with Crippen molar-refractivity contribution in [3.05, 3.63) is 35.4 Å². The number of aliphatic hydroxyl groups excluding tert-OH is 3. The van der Waals surface area contributed by atoms with Gasteiger partial charge in [0.1, 0.15) is 24.6 Å². The Kier molecular flexibility index (Phi) is 5.79. The lowest BCUT2D eigenvalue weighted by Gasteiger charge is -2.19. The molecular formula is C20H26ClN5O4Si. The first kappa shape index (κ1) is 22.1. The van der Waals surface area contributed by atoms with Gasteiger partial charge in [-0.15, -0.1) is 0 Å². The lowest BCUT2D eigenvalue weighted by atomic mass is 10.1. The van der Waals surface area contributed by atoms with Gasteiger partial charge < -0.3 is 25.4 Å². The maximum absolute atomic E-state index is 10.4. The number of nitrogens with zero attached hydrogens (tertiary/aromatic N) is 4. The summed E-state index contributed by atoms with van der Waals surface area (Å²) >= 11 is 6.35. The lowest BCUT2D eigenvalue weighted by molar-refractivity contribution is -0.0509. The highest BCUT2D eigenvalue weighted by molar-refractivity contribution is 6.88.